The second kappa shape index (κ2) is 11.9. The average molecular weight is 509 g/mol. The number of aliphatic hydroxyl groups is 1. The van der Waals surface area contributed by atoms with Crippen molar-refractivity contribution in [3.63, 3.8) is 0 Å². The Labute approximate surface area is 212 Å². The van der Waals surface area contributed by atoms with Crippen LogP contribution in [-0.2, 0) is 9.53 Å². The quantitative estimate of drug-likeness (QED) is 0.445. The summed E-state index contributed by atoms with van der Waals surface area (Å²) in [5, 5.41) is 20.1. The lowest BCUT2D eigenvalue weighted by Gasteiger charge is -2.36. The lowest BCUT2D eigenvalue weighted by Crippen LogP contribution is -2.53. The zero-order chi connectivity index (χ0) is 23.5. The number of fused-ring (bicyclic) bond motifs is 5. The number of aliphatic hydroxyl groups excluding tert-OH is 1. The molecule has 9 nitrogen and oxygen atoms in total. The van der Waals surface area contributed by atoms with Gasteiger partial charge in [0.2, 0.25) is 5.91 Å². The molecule has 194 valence electrons. The number of carbonyl (C=O) groups excluding carboxylic acids is 2. The number of benzene rings is 1. The van der Waals surface area contributed by atoms with Crippen LogP contribution in [0, 0.1) is 0 Å². The highest BCUT2D eigenvalue weighted by Gasteiger charge is 2.42. The second-order valence-electron chi connectivity index (χ2n) is 9.92. The molecule has 5 rings (SSSR count). The van der Waals surface area contributed by atoms with Gasteiger partial charge in [-0.1, -0.05) is 12.1 Å². The summed E-state index contributed by atoms with van der Waals surface area (Å²) in [5.41, 5.74) is 0.508. The van der Waals surface area contributed by atoms with Gasteiger partial charge in [0.15, 0.2) is 0 Å². The van der Waals surface area contributed by atoms with E-state index in [0.717, 1.165) is 32.4 Å². The molecule has 10 heteroatoms. The molecule has 2 amide bonds. The van der Waals surface area contributed by atoms with Gasteiger partial charge in [0.05, 0.1) is 30.4 Å². The van der Waals surface area contributed by atoms with Crippen molar-refractivity contribution in [1.82, 2.24) is 20.9 Å². The number of nitrogens with zero attached hydrogens (tertiary/aromatic N) is 1. The Morgan fingerprint density at radius 3 is 2.66 bits per heavy atom. The summed E-state index contributed by atoms with van der Waals surface area (Å²) < 4.78 is 12.1. The Morgan fingerprint density at radius 2 is 1.83 bits per heavy atom. The number of hydrogen-bond acceptors (Lipinski definition) is 7. The van der Waals surface area contributed by atoms with Crippen molar-refractivity contribution >= 4 is 24.2 Å². The van der Waals surface area contributed by atoms with Crippen LogP contribution in [0.2, 0.25) is 0 Å². The van der Waals surface area contributed by atoms with Gasteiger partial charge in [-0.05, 0) is 57.3 Å². The van der Waals surface area contributed by atoms with E-state index in [-0.39, 0.29) is 49.0 Å². The minimum atomic E-state index is -0.590. The number of halogens is 1. The third-order valence-electron chi connectivity index (χ3n) is 7.64. The van der Waals surface area contributed by atoms with E-state index in [0.29, 0.717) is 49.8 Å². The molecule has 0 aliphatic carbocycles. The number of piperidine rings is 1. The molecular formula is C25H37ClN4O5. The van der Waals surface area contributed by atoms with Crippen molar-refractivity contribution in [2.45, 2.75) is 75.0 Å². The van der Waals surface area contributed by atoms with Gasteiger partial charge in [-0.25, -0.2) is 0 Å². The van der Waals surface area contributed by atoms with E-state index < -0.39 is 12.2 Å². The van der Waals surface area contributed by atoms with E-state index in [1.54, 1.807) is 6.07 Å². The van der Waals surface area contributed by atoms with E-state index in [4.69, 9.17) is 9.47 Å². The molecular weight excluding hydrogens is 472 g/mol. The molecule has 0 radical (unpaired) electrons. The van der Waals surface area contributed by atoms with Crippen molar-refractivity contribution in [2.24, 2.45) is 0 Å². The van der Waals surface area contributed by atoms with Gasteiger partial charge >= 0.3 is 0 Å². The van der Waals surface area contributed by atoms with Crippen LogP contribution in [0.3, 0.4) is 0 Å². The maximum absolute atomic E-state index is 13.3. The van der Waals surface area contributed by atoms with Crippen LogP contribution in [0.1, 0.15) is 48.9 Å². The van der Waals surface area contributed by atoms with E-state index in [1.807, 2.05) is 18.2 Å². The lowest BCUT2D eigenvalue weighted by molar-refractivity contribution is -0.134. The van der Waals surface area contributed by atoms with Crippen molar-refractivity contribution in [2.75, 3.05) is 32.8 Å². The highest BCUT2D eigenvalue weighted by atomic mass is 35.5. The third kappa shape index (κ3) is 6.09. The first-order chi connectivity index (χ1) is 16.6. The maximum atomic E-state index is 13.3. The third-order valence-corrected chi connectivity index (χ3v) is 7.64. The molecule has 0 unspecified atom stereocenters. The van der Waals surface area contributed by atoms with Gasteiger partial charge in [0.1, 0.15) is 11.9 Å². The van der Waals surface area contributed by atoms with Crippen LogP contribution in [0.4, 0.5) is 0 Å². The highest BCUT2D eigenvalue weighted by molar-refractivity contribution is 5.97. The summed E-state index contributed by atoms with van der Waals surface area (Å²) in [6.45, 7) is 3.20. The van der Waals surface area contributed by atoms with Gasteiger partial charge in [-0.2, -0.15) is 0 Å². The fraction of sp³-hybridized carbons (Fsp3) is 0.680. The summed E-state index contributed by atoms with van der Waals surface area (Å²) in [5.74, 6) is 0.335. The molecule has 4 aliphatic heterocycles. The molecule has 4 heterocycles. The number of carbonyl (C=O) groups is 2. The molecule has 35 heavy (non-hydrogen) atoms. The van der Waals surface area contributed by atoms with Crippen LogP contribution in [-0.4, -0.2) is 91.0 Å². The van der Waals surface area contributed by atoms with Crippen LogP contribution in [0.15, 0.2) is 24.3 Å². The van der Waals surface area contributed by atoms with E-state index in [9.17, 15) is 14.7 Å². The Hall–Kier alpha value is -1.91. The summed E-state index contributed by atoms with van der Waals surface area (Å²) in [6.07, 6.45) is 3.48. The van der Waals surface area contributed by atoms with Crippen molar-refractivity contribution in [1.29, 1.82) is 0 Å². The predicted molar refractivity (Wildman–Crippen MR) is 133 cm³/mol. The fourth-order valence-electron chi connectivity index (χ4n) is 5.77. The molecule has 4 bridgehead atoms. The number of hydrogen-bond donors (Lipinski definition) is 4. The van der Waals surface area contributed by atoms with E-state index in [1.165, 1.54) is 0 Å². The minimum absolute atomic E-state index is 0. The smallest absolute Gasteiger partial charge is 0.255 e. The van der Waals surface area contributed by atoms with Crippen LogP contribution < -0.4 is 20.7 Å². The molecule has 4 N–H and O–H groups in total. The summed E-state index contributed by atoms with van der Waals surface area (Å²) in [6, 6.07) is 7.16. The summed E-state index contributed by atoms with van der Waals surface area (Å²) in [7, 11) is 0. The monoisotopic (exact) mass is 508 g/mol. The van der Waals surface area contributed by atoms with Gasteiger partial charge in [0.25, 0.3) is 5.91 Å². The number of para-hydroxylation sites is 1. The first-order valence-electron chi connectivity index (χ1n) is 12.7. The molecule has 0 saturated carbocycles. The highest BCUT2D eigenvalue weighted by Crippen LogP contribution is 2.28. The minimum Gasteiger partial charge on any atom is -0.493 e. The van der Waals surface area contributed by atoms with Gasteiger partial charge in [-0.15, -0.1) is 12.4 Å². The topological polar surface area (TPSA) is 112 Å². The van der Waals surface area contributed by atoms with Crippen molar-refractivity contribution in [3.8, 4) is 5.75 Å². The SMILES string of the molecule is Cl.O=C1N[C@H]2C[C@@H](C(=O)NC[C@H]3O[C@H](CCOc4ccccc41)CC[C@@H]3O)N(C1CCNCC1)C2. The summed E-state index contributed by atoms with van der Waals surface area (Å²) >= 11 is 0. The Balaban J connectivity index is 0.00000289. The molecule has 0 aromatic heterocycles. The Kier molecular flexibility index (Phi) is 8.88. The zero-order valence-corrected chi connectivity index (χ0v) is 20.8. The van der Waals surface area contributed by atoms with Crippen LogP contribution >= 0.6 is 12.4 Å². The number of likely N-dealkylation sites (tertiary alicyclic amines) is 1. The maximum Gasteiger partial charge on any atom is 0.255 e. The zero-order valence-electron chi connectivity index (χ0n) is 20.0. The van der Waals surface area contributed by atoms with Gasteiger partial charge < -0.3 is 30.5 Å². The fourth-order valence-corrected chi connectivity index (χ4v) is 5.77. The van der Waals surface area contributed by atoms with Crippen molar-refractivity contribution in [3.05, 3.63) is 29.8 Å². The molecule has 0 spiro atoms. The van der Waals surface area contributed by atoms with Crippen LogP contribution in [0.25, 0.3) is 0 Å². The molecule has 1 aromatic rings. The van der Waals surface area contributed by atoms with Crippen molar-refractivity contribution < 1.29 is 24.2 Å². The molecule has 3 fully saturated rings. The summed E-state index contributed by atoms with van der Waals surface area (Å²) in [4.78, 5) is 28.8. The standard InChI is InChI=1S/C25H36N4O5.ClH/c30-21-6-5-18-9-12-33-22-4-2-1-3-19(22)24(31)28-16-13-20(25(32)27-14-23(21)34-18)29(15-16)17-7-10-26-11-8-17;/h1-4,16-18,20-21,23,26,30H,5-15H2,(H,27,32)(H,28,31);1H/t16-,18-,20-,21-,23+;/m0./s1. The second-order valence-corrected chi connectivity index (χ2v) is 9.92. The molecule has 3 saturated heterocycles. The number of rotatable bonds is 1. The van der Waals surface area contributed by atoms with Gasteiger partial charge in [0, 0.05) is 31.6 Å². The number of nitrogens with one attached hydrogen (secondary N) is 3. The first-order valence-corrected chi connectivity index (χ1v) is 12.7. The molecule has 5 atom stereocenters. The van der Waals surface area contributed by atoms with E-state index >= 15 is 0 Å². The Bertz CT molecular complexity index is 883. The lowest BCUT2D eigenvalue weighted by atomic mass is 9.99. The molecule has 4 aliphatic rings. The van der Waals surface area contributed by atoms with Crippen LogP contribution in [0.5, 0.6) is 5.75 Å². The van der Waals surface area contributed by atoms with E-state index in [2.05, 4.69) is 20.9 Å². The normalized spacial score (nSPS) is 33.0. The number of ether oxygens (including phenoxy) is 2. The number of amides is 2. The van der Waals surface area contributed by atoms with Gasteiger partial charge in [-0.3, -0.25) is 14.5 Å². The Morgan fingerprint density at radius 1 is 1.03 bits per heavy atom. The largest absolute Gasteiger partial charge is 0.493 e. The molecule has 1 aromatic carbocycles. The predicted octanol–water partition coefficient (Wildman–Crippen LogP) is 0.840. The average Bonchev–Trinajstić information content (AvgIpc) is 3.28. The first kappa shape index (κ1) is 26.2.